The molecule has 1 aromatic carbocycles. The number of halogens is 2. The van der Waals surface area contributed by atoms with Crippen molar-refractivity contribution in [3.05, 3.63) is 22.5 Å². The standard InChI is InChI=1S/C13H15ClFNO3/c1-4-18-12(17)16-10-9(15)5-8(14)7-6-13(2,3)19-11(7)10/h5H,4,6H2,1-3H3,(H,16,17). The number of carbonyl (C=O) groups is 1. The van der Waals surface area contributed by atoms with E-state index in [1.807, 2.05) is 13.8 Å². The van der Waals surface area contributed by atoms with Crippen LogP contribution in [0, 0.1) is 5.82 Å². The maximum absolute atomic E-state index is 13.9. The minimum atomic E-state index is -0.723. The number of hydrogen-bond acceptors (Lipinski definition) is 3. The maximum atomic E-state index is 13.9. The van der Waals surface area contributed by atoms with Crippen molar-refractivity contribution in [1.82, 2.24) is 0 Å². The van der Waals surface area contributed by atoms with Crippen LogP contribution in [0.3, 0.4) is 0 Å². The highest BCUT2D eigenvalue weighted by Gasteiger charge is 2.35. The second-order valence-corrected chi connectivity index (χ2v) is 5.31. The summed E-state index contributed by atoms with van der Waals surface area (Å²) in [4.78, 5) is 11.4. The fourth-order valence-electron chi connectivity index (χ4n) is 2.04. The van der Waals surface area contributed by atoms with Gasteiger partial charge in [-0.1, -0.05) is 11.6 Å². The summed E-state index contributed by atoms with van der Waals surface area (Å²) in [6.45, 7) is 5.61. The molecule has 1 heterocycles. The minimum absolute atomic E-state index is 0.0246. The van der Waals surface area contributed by atoms with Crippen molar-refractivity contribution in [2.24, 2.45) is 0 Å². The Morgan fingerprint density at radius 1 is 1.63 bits per heavy atom. The molecule has 1 N–H and O–H groups in total. The Hall–Kier alpha value is -1.49. The number of amides is 1. The number of rotatable bonds is 2. The quantitative estimate of drug-likeness (QED) is 0.901. The lowest BCUT2D eigenvalue weighted by molar-refractivity contribution is 0.138. The van der Waals surface area contributed by atoms with Gasteiger partial charge in [0.2, 0.25) is 0 Å². The SMILES string of the molecule is CCOC(=O)Nc1c(F)cc(Cl)c2c1OC(C)(C)C2. The Kier molecular flexibility index (Phi) is 3.58. The average Bonchev–Trinajstić information content (AvgIpc) is 2.61. The molecule has 0 atom stereocenters. The van der Waals surface area contributed by atoms with Gasteiger partial charge >= 0.3 is 6.09 Å². The van der Waals surface area contributed by atoms with E-state index >= 15 is 0 Å². The van der Waals surface area contributed by atoms with E-state index in [4.69, 9.17) is 21.1 Å². The van der Waals surface area contributed by atoms with E-state index in [1.54, 1.807) is 6.92 Å². The molecule has 0 aromatic heterocycles. The number of anilines is 1. The first kappa shape index (κ1) is 13.9. The molecule has 0 aliphatic carbocycles. The topological polar surface area (TPSA) is 47.6 Å². The van der Waals surface area contributed by atoms with Crippen LogP contribution in [0.2, 0.25) is 5.02 Å². The van der Waals surface area contributed by atoms with Crippen molar-refractivity contribution in [1.29, 1.82) is 0 Å². The molecule has 0 saturated carbocycles. The van der Waals surface area contributed by atoms with E-state index in [0.29, 0.717) is 17.0 Å². The third kappa shape index (κ3) is 2.76. The van der Waals surface area contributed by atoms with Gasteiger partial charge in [-0.3, -0.25) is 5.32 Å². The van der Waals surface area contributed by atoms with E-state index in [2.05, 4.69) is 5.32 Å². The number of fused-ring (bicyclic) bond motifs is 1. The van der Waals surface area contributed by atoms with Crippen LogP contribution in [-0.2, 0) is 11.2 Å². The van der Waals surface area contributed by atoms with E-state index < -0.39 is 17.5 Å². The Morgan fingerprint density at radius 3 is 2.95 bits per heavy atom. The van der Waals surface area contributed by atoms with Crippen molar-refractivity contribution >= 4 is 23.4 Å². The molecule has 1 aliphatic rings. The molecule has 4 nitrogen and oxygen atoms in total. The van der Waals surface area contributed by atoms with E-state index in [0.717, 1.165) is 0 Å². The highest BCUT2D eigenvalue weighted by Crippen LogP contribution is 2.45. The van der Waals surface area contributed by atoms with Gasteiger partial charge in [-0.25, -0.2) is 9.18 Å². The number of benzene rings is 1. The van der Waals surface area contributed by atoms with Crippen LogP contribution < -0.4 is 10.1 Å². The molecule has 1 amide bonds. The summed E-state index contributed by atoms with van der Waals surface area (Å²) in [6, 6.07) is 1.17. The number of hydrogen-bond donors (Lipinski definition) is 1. The van der Waals surface area contributed by atoms with E-state index in [-0.39, 0.29) is 18.0 Å². The molecule has 0 spiro atoms. The molecule has 0 saturated heterocycles. The monoisotopic (exact) mass is 287 g/mol. The molecule has 0 bridgehead atoms. The first-order valence-corrected chi connectivity index (χ1v) is 6.35. The Labute approximate surface area is 115 Å². The fourth-order valence-corrected chi connectivity index (χ4v) is 2.29. The zero-order chi connectivity index (χ0) is 14.2. The van der Waals surface area contributed by atoms with Crippen molar-refractivity contribution < 1.29 is 18.7 Å². The van der Waals surface area contributed by atoms with Crippen LogP contribution in [0.15, 0.2) is 6.07 Å². The van der Waals surface area contributed by atoms with Gasteiger partial charge in [0, 0.05) is 12.0 Å². The third-order valence-electron chi connectivity index (χ3n) is 2.77. The molecule has 0 radical (unpaired) electrons. The highest BCUT2D eigenvalue weighted by molar-refractivity contribution is 6.31. The van der Waals surface area contributed by atoms with Gasteiger partial charge in [-0.05, 0) is 26.8 Å². The van der Waals surface area contributed by atoms with Crippen molar-refractivity contribution in [3.8, 4) is 5.75 Å². The highest BCUT2D eigenvalue weighted by atomic mass is 35.5. The van der Waals surface area contributed by atoms with Gasteiger partial charge in [0.15, 0.2) is 11.6 Å². The first-order chi connectivity index (χ1) is 8.84. The normalized spacial score (nSPS) is 15.6. The van der Waals surface area contributed by atoms with Crippen LogP contribution in [0.4, 0.5) is 14.9 Å². The van der Waals surface area contributed by atoms with Crippen LogP contribution in [0.1, 0.15) is 26.3 Å². The number of ether oxygens (including phenoxy) is 2. The summed E-state index contributed by atoms with van der Waals surface area (Å²) in [5.74, 6) is -0.363. The van der Waals surface area contributed by atoms with Gasteiger partial charge in [0.05, 0.1) is 11.6 Å². The molecular formula is C13H15ClFNO3. The van der Waals surface area contributed by atoms with Crippen LogP contribution in [0.5, 0.6) is 5.75 Å². The van der Waals surface area contributed by atoms with Gasteiger partial charge < -0.3 is 9.47 Å². The number of nitrogens with one attached hydrogen (secondary N) is 1. The van der Waals surface area contributed by atoms with Crippen molar-refractivity contribution in [3.63, 3.8) is 0 Å². The first-order valence-electron chi connectivity index (χ1n) is 5.97. The zero-order valence-electron chi connectivity index (χ0n) is 11.0. The fraction of sp³-hybridized carbons (Fsp3) is 0.462. The summed E-state index contributed by atoms with van der Waals surface area (Å²) >= 11 is 6.01. The summed E-state index contributed by atoms with van der Waals surface area (Å²) < 4.78 is 24.3. The molecule has 1 aromatic rings. The molecule has 0 fully saturated rings. The van der Waals surface area contributed by atoms with Gasteiger partial charge in [-0.2, -0.15) is 0 Å². The Bertz CT molecular complexity index is 531. The van der Waals surface area contributed by atoms with Crippen LogP contribution in [0.25, 0.3) is 0 Å². The second-order valence-electron chi connectivity index (χ2n) is 4.91. The second kappa shape index (κ2) is 4.89. The lowest BCUT2D eigenvalue weighted by Crippen LogP contribution is -2.25. The molecule has 2 rings (SSSR count). The van der Waals surface area contributed by atoms with E-state index in [1.165, 1.54) is 6.07 Å². The molecular weight excluding hydrogens is 273 g/mol. The minimum Gasteiger partial charge on any atom is -0.485 e. The van der Waals surface area contributed by atoms with E-state index in [9.17, 15) is 9.18 Å². The predicted molar refractivity (Wildman–Crippen MR) is 70.5 cm³/mol. The van der Waals surface area contributed by atoms with Gasteiger partial charge in [0.1, 0.15) is 11.3 Å². The summed E-state index contributed by atoms with van der Waals surface area (Å²) in [6.07, 6.45) is -0.168. The Morgan fingerprint density at radius 2 is 2.32 bits per heavy atom. The molecule has 19 heavy (non-hydrogen) atoms. The molecule has 104 valence electrons. The smallest absolute Gasteiger partial charge is 0.411 e. The average molecular weight is 288 g/mol. The summed E-state index contributed by atoms with van der Waals surface area (Å²) in [5.41, 5.74) is 0.188. The third-order valence-corrected chi connectivity index (χ3v) is 3.10. The maximum Gasteiger partial charge on any atom is 0.411 e. The van der Waals surface area contributed by atoms with Crippen molar-refractivity contribution in [2.45, 2.75) is 32.8 Å². The predicted octanol–water partition coefficient (Wildman–Crippen LogP) is 3.76. The molecule has 1 aliphatic heterocycles. The molecule has 6 heteroatoms. The summed E-state index contributed by atoms with van der Waals surface area (Å²) in [7, 11) is 0. The van der Waals surface area contributed by atoms with Crippen LogP contribution >= 0.6 is 11.6 Å². The lowest BCUT2D eigenvalue weighted by atomic mass is 10.0. The zero-order valence-corrected chi connectivity index (χ0v) is 11.7. The lowest BCUT2D eigenvalue weighted by Gasteiger charge is -2.18. The largest absolute Gasteiger partial charge is 0.485 e. The summed E-state index contributed by atoms with van der Waals surface area (Å²) in [5, 5.41) is 2.66. The van der Waals surface area contributed by atoms with Gasteiger partial charge in [0.25, 0.3) is 0 Å². The van der Waals surface area contributed by atoms with Gasteiger partial charge in [-0.15, -0.1) is 0 Å². The molecule has 0 unspecified atom stereocenters. The Balaban J connectivity index is 2.40. The van der Waals surface area contributed by atoms with Crippen molar-refractivity contribution in [2.75, 3.05) is 11.9 Å². The number of carbonyl (C=O) groups excluding carboxylic acids is 1. The van der Waals surface area contributed by atoms with Crippen LogP contribution in [-0.4, -0.2) is 18.3 Å².